The molecule has 0 saturated heterocycles. The minimum Gasteiger partial charge on any atom is -0.480 e. The van der Waals surface area contributed by atoms with Crippen molar-refractivity contribution in [2.75, 3.05) is 21.1 Å². The van der Waals surface area contributed by atoms with Gasteiger partial charge in [-0.2, -0.15) is 0 Å². The van der Waals surface area contributed by atoms with E-state index in [4.69, 9.17) is 21.7 Å². The molecule has 0 aliphatic heterocycles. The Morgan fingerprint density at radius 2 is 1.39 bits per heavy atom. The third-order valence-corrected chi connectivity index (χ3v) is 2.90. The quantitative estimate of drug-likeness (QED) is 0.310. The van der Waals surface area contributed by atoms with Crippen molar-refractivity contribution in [1.82, 2.24) is 10.2 Å². The first-order chi connectivity index (χ1) is 10.5. The molecule has 2 atom stereocenters. The van der Waals surface area contributed by atoms with Gasteiger partial charge in [-0.1, -0.05) is 0 Å². The van der Waals surface area contributed by atoms with Crippen LogP contribution in [0.4, 0.5) is 0 Å². The number of carbonyl (C=O) groups is 4. The second kappa shape index (κ2) is 12.4. The lowest BCUT2D eigenvalue weighted by Gasteiger charge is -2.18. The van der Waals surface area contributed by atoms with Crippen molar-refractivity contribution >= 4 is 23.8 Å². The van der Waals surface area contributed by atoms with Crippen LogP contribution < -0.4 is 16.8 Å². The Balaban J connectivity index is 0. The summed E-state index contributed by atoms with van der Waals surface area (Å²) in [5.74, 6) is -2.84. The molecule has 0 aromatic carbocycles. The summed E-state index contributed by atoms with van der Waals surface area (Å²) >= 11 is 0. The monoisotopic (exact) mass is 334 g/mol. The van der Waals surface area contributed by atoms with Gasteiger partial charge in [0.25, 0.3) is 0 Å². The van der Waals surface area contributed by atoms with Gasteiger partial charge in [-0.05, 0) is 34.0 Å². The molecule has 10 nitrogen and oxygen atoms in total. The molecule has 0 radical (unpaired) electrons. The van der Waals surface area contributed by atoms with Gasteiger partial charge in [-0.25, -0.2) is 0 Å². The van der Waals surface area contributed by atoms with Crippen LogP contribution in [-0.4, -0.2) is 72.1 Å². The molecule has 23 heavy (non-hydrogen) atoms. The summed E-state index contributed by atoms with van der Waals surface area (Å²) in [4.78, 5) is 43.0. The summed E-state index contributed by atoms with van der Waals surface area (Å²) in [5, 5.41) is 19.7. The molecule has 0 aromatic heterocycles. The van der Waals surface area contributed by atoms with E-state index in [2.05, 4.69) is 5.32 Å². The molecule has 2 amide bonds. The molecule has 0 bridgehead atoms. The van der Waals surface area contributed by atoms with E-state index in [1.54, 1.807) is 19.0 Å². The number of nitrogens with two attached hydrogens (primary N) is 2. The van der Waals surface area contributed by atoms with Crippen LogP contribution in [0.15, 0.2) is 0 Å². The Labute approximate surface area is 134 Å². The number of primary amides is 2. The van der Waals surface area contributed by atoms with Gasteiger partial charge in [0.05, 0.1) is 0 Å². The largest absolute Gasteiger partial charge is 0.480 e. The highest BCUT2D eigenvalue weighted by molar-refractivity contribution is 5.77. The lowest BCUT2D eigenvalue weighted by atomic mass is 10.1. The third-order valence-electron chi connectivity index (χ3n) is 2.90. The van der Waals surface area contributed by atoms with E-state index in [0.717, 1.165) is 0 Å². The van der Waals surface area contributed by atoms with Gasteiger partial charge in [0.1, 0.15) is 12.1 Å². The van der Waals surface area contributed by atoms with Crippen LogP contribution in [0.5, 0.6) is 0 Å². The van der Waals surface area contributed by atoms with Gasteiger partial charge in [-0.3, -0.25) is 24.1 Å². The van der Waals surface area contributed by atoms with Crippen LogP contribution in [0.25, 0.3) is 0 Å². The first-order valence-corrected chi connectivity index (χ1v) is 6.88. The molecule has 0 aliphatic carbocycles. The van der Waals surface area contributed by atoms with E-state index in [0.29, 0.717) is 0 Å². The van der Waals surface area contributed by atoms with Gasteiger partial charge >= 0.3 is 11.9 Å². The average Bonchev–Trinajstić information content (AvgIpc) is 2.38. The van der Waals surface area contributed by atoms with E-state index >= 15 is 0 Å². The summed E-state index contributed by atoms with van der Waals surface area (Å²) in [6.45, 7) is 0. The van der Waals surface area contributed by atoms with E-state index in [1.807, 2.05) is 0 Å². The van der Waals surface area contributed by atoms with Gasteiger partial charge < -0.3 is 27.0 Å². The van der Waals surface area contributed by atoms with E-state index in [9.17, 15) is 19.2 Å². The second-order valence-corrected chi connectivity index (χ2v) is 5.01. The Hall–Kier alpha value is -2.20. The molecule has 10 heteroatoms. The molecule has 0 aromatic rings. The zero-order chi connectivity index (χ0) is 18.6. The number of rotatable bonds is 10. The Morgan fingerprint density at radius 1 is 0.957 bits per heavy atom. The van der Waals surface area contributed by atoms with Crippen molar-refractivity contribution in [1.29, 1.82) is 0 Å². The van der Waals surface area contributed by atoms with Gasteiger partial charge in [-0.15, -0.1) is 0 Å². The predicted molar refractivity (Wildman–Crippen MR) is 82.5 cm³/mol. The van der Waals surface area contributed by atoms with Crippen molar-refractivity contribution in [2.45, 2.75) is 37.8 Å². The molecule has 0 spiro atoms. The van der Waals surface area contributed by atoms with Gasteiger partial charge in [0.15, 0.2) is 0 Å². The number of amides is 2. The maximum atomic E-state index is 10.6. The second-order valence-electron chi connectivity index (χ2n) is 5.01. The Bertz CT molecular complexity index is 413. The molecular formula is C13H26N4O6. The smallest absolute Gasteiger partial charge is 0.320 e. The number of carboxylic acids is 2. The molecule has 134 valence electrons. The van der Waals surface area contributed by atoms with Crippen LogP contribution in [0.3, 0.4) is 0 Å². The zero-order valence-electron chi connectivity index (χ0n) is 13.6. The third kappa shape index (κ3) is 13.2. The normalized spacial score (nSPS) is 12.7. The number of likely N-dealkylation sites (N-methyl/N-ethyl adjacent to an activating group) is 2. The highest BCUT2D eigenvalue weighted by atomic mass is 16.4. The molecule has 0 saturated carbocycles. The molecular weight excluding hydrogens is 308 g/mol. The van der Waals surface area contributed by atoms with Gasteiger partial charge in [0.2, 0.25) is 11.8 Å². The lowest BCUT2D eigenvalue weighted by molar-refractivity contribution is -0.143. The standard InChI is InChI=1S/C7H14N2O3.C6H12N2O3/c1-9(2)5(7(11)12)3-4-6(8)10;1-8-4(6(10)11)2-3-5(7)9/h5H,3-4H2,1-2H3,(H2,8,10)(H,11,12);4,8H,2-3H2,1H3,(H2,7,9)(H,10,11)/t5-;4-/m00/s1. The summed E-state index contributed by atoms with van der Waals surface area (Å²) in [6, 6.07) is -1.31. The number of aliphatic carboxylic acids is 2. The van der Waals surface area contributed by atoms with Crippen LogP contribution in [0, 0.1) is 0 Å². The number of nitrogens with zero attached hydrogens (tertiary/aromatic N) is 1. The van der Waals surface area contributed by atoms with Crippen molar-refractivity contribution < 1.29 is 29.4 Å². The minimum atomic E-state index is -0.964. The van der Waals surface area contributed by atoms with Crippen molar-refractivity contribution in [2.24, 2.45) is 11.5 Å². The minimum absolute atomic E-state index is 0.0950. The van der Waals surface area contributed by atoms with Crippen LogP contribution in [0.1, 0.15) is 25.7 Å². The number of hydrogen-bond acceptors (Lipinski definition) is 6. The predicted octanol–water partition coefficient (Wildman–Crippen LogP) is -1.81. The Morgan fingerprint density at radius 3 is 1.65 bits per heavy atom. The zero-order valence-corrected chi connectivity index (χ0v) is 13.6. The molecule has 0 heterocycles. The number of carboxylic acid groups (broad SMARTS) is 2. The fraction of sp³-hybridized carbons (Fsp3) is 0.692. The summed E-state index contributed by atoms with van der Waals surface area (Å²) in [6.07, 6.45) is 0.700. The highest BCUT2D eigenvalue weighted by Crippen LogP contribution is 2.02. The average molecular weight is 334 g/mol. The SMILES string of the molecule is CN(C)[C@@H](CCC(N)=O)C(=O)O.CN[C@@H](CCC(N)=O)C(=O)O. The van der Waals surface area contributed by atoms with Crippen LogP contribution in [0.2, 0.25) is 0 Å². The van der Waals surface area contributed by atoms with E-state index in [1.165, 1.54) is 7.05 Å². The topological polar surface area (TPSA) is 176 Å². The number of carbonyl (C=O) groups excluding carboxylic acids is 2. The summed E-state index contributed by atoms with van der Waals surface area (Å²) in [7, 11) is 4.83. The van der Waals surface area contributed by atoms with Crippen molar-refractivity contribution in [3.63, 3.8) is 0 Å². The summed E-state index contributed by atoms with van der Waals surface area (Å²) in [5.41, 5.74) is 9.73. The summed E-state index contributed by atoms with van der Waals surface area (Å²) < 4.78 is 0. The van der Waals surface area contributed by atoms with Crippen LogP contribution >= 0.6 is 0 Å². The molecule has 0 rings (SSSR count). The maximum absolute atomic E-state index is 10.6. The Kier molecular flexibility index (Phi) is 12.4. The van der Waals surface area contributed by atoms with E-state index < -0.39 is 35.8 Å². The van der Waals surface area contributed by atoms with Crippen LogP contribution in [-0.2, 0) is 19.2 Å². The van der Waals surface area contributed by atoms with E-state index in [-0.39, 0.29) is 25.7 Å². The molecule has 0 aliphatic rings. The first-order valence-electron chi connectivity index (χ1n) is 6.88. The van der Waals surface area contributed by atoms with Crippen molar-refractivity contribution in [3.05, 3.63) is 0 Å². The maximum Gasteiger partial charge on any atom is 0.320 e. The molecule has 0 unspecified atom stereocenters. The number of nitrogens with one attached hydrogen (secondary N) is 1. The fourth-order valence-corrected chi connectivity index (χ4v) is 1.56. The lowest BCUT2D eigenvalue weighted by Crippen LogP contribution is -2.36. The molecule has 0 fully saturated rings. The number of hydrogen-bond donors (Lipinski definition) is 5. The molecule has 7 N–H and O–H groups in total. The van der Waals surface area contributed by atoms with Gasteiger partial charge in [0, 0.05) is 12.8 Å². The highest BCUT2D eigenvalue weighted by Gasteiger charge is 2.19. The fourth-order valence-electron chi connectivity index (χ4n) is 1.56. The first kappa shape index (κ1) is 23.1. The van der Waals surface area contributed by atoms with Crippen molar-refractivity contribution in [3.8, 4) is 0 Å².